The Kier molecular flexibility index (Phi) is 4.05. The average molecular weight is 286 g/mol. The Bertz CT molecular complexity index is 738. The molecule has 0 aliphatic carbocycles. The van der Waals surface area contributed by atoms with Gasteiger partial charge >= 0.3 is 5.97 Å². The van der Waals surface area contributed by atoms with Crippen LogP contribution in [0.15, 0.2) is 36.4 Å². The van der Waals surface area contributed by atoms with Crippen molar-refractivity contribution >= 4 is 11.7 Å². The molecule has 0 amide bonds. The van der Waals surface area contributed by atoms with Crippen LogP contribution < -0.4 is 10.5 Å². The number of carboxylic acid groups (broad SMARTS) is 1. The molecule has 2 aromatic carbocycles. The highest BCUT2D eigenvalue weighted by Gasteiger charge is 2.12. The maximum absolute atomic E-state index is 13.2. The molecular formula is C15H11FN2O3. The van der Waals surface area contributed by atoms with Crippen LogP contribution in [0.2, 0.25) is 0 Å². The number of hydrogen-bond acceptors (Lipinski definition) is 4. The zero-order valence-electron chi connectivity index (χ0n) is 10.8. The Labute approximate surface area is 120 Å². The van der Waals surface area contributed by atoms with Gasteiger partial charge in [-0.25, -0.2) is 9.18 Å². The molecule has 0 fully saturated rings. The maximum Gasteiger partial charge on any atom is 0.339 e. The van der Waals surface area contributed by atoms with Crippen molar-refractivity contribution < 1.29 is 19.0 Å². The van der Waals surface area contributed by atoms with Crippen molar-refractivity contribution in [2.24, 2.45) is 0 Å². The van der Waals surface area contributed by atoms with Crippen LogP contribution in [0, 0.1) is 17.1 Å². The lowest BCUT2D eigenvalue weighted by Gasteiger charge is -2.10. The van der Waals surface area contributed by atoms with Crippen molar-refractivity contribution in [2.75, 3.05) is 5.73 Å². The van der Waals surface area contributed by atoms with Gasteiger partial charge in [-0.05, 0) is 29.8 Å². The first-order valence-corrected chi connectivity index (χ1v) is 5.95. The minimum Gasteiger partial charge on any atom is -0.488 e. The molecule has 0 heterocycles. The molecule has 6 heteroatoms. The van der Waals surface area contributed by atoms with Gasteiger partial charge in [-0.15, -0.1) is 0 Å². The van der Waals surface area contributed by atoms with Gasteiger partial charge in [-0.1, -0.05) is 6.07 Å². The van der Waals surface area contributed by atoms with E-state index >= 15 is 0 Å². The summed E-state index contributed by atoms with van der Waals surface area (Å²) in [7, 11) is 0. The maximum atomic E-state index is 13.2. The quantitative estimate of drug-likeness (QED) is 0.842. The molecule has 0 aliphatic rings. The lowest BCUT2D eigenvalue weighted by Crippen LogP contribution is -2.04. The van der Waals surface area contributed by atoms with E-state index in [0.29, 0.717) is 11.3 Å². The molecule has 3 N–H and O–H groups in total. The number of nitrogens with two attached hydrogens (primary N) is 1. The van der Waals surface area contributed by atoms with E-state index in [-0.39, 0.29) is 23.5 Å². The molecule has 0 radical (unpaired) electrons. The highest BCUT2D eigenvalue weighted by molar-refractivity contribution is 5.91. The van der Waals surface area contributed by atoms with Crippen molar-refractivity contribution in [2.45, 2.75) is 6.61 Å². The molecular weight excluding hydrogens is 275 g/mol. The lowest BCUT2D eigenvalue weighted by molar-refractivity contribution is 0.0692. The topological polar surface area (TPSA) is 96.3 Å². The average Bonchev–Trinajstić information content (AvgIpc) is 2.46. The zero-order chi connectivity index (χ0) is 15.4. The fourth-order valence-corrected chi connectivity index (χ4v) is 1.74. The summed E-state index contributed by atoms with van der Waals surface area (Å²) >= 11 is 0. The van der Waals surface area contributed by atoms with Gasteiger partial charge in [0.15, 0.2) is 0 Å². The number of benzene rings is 2. The molecule has 2 aromatic rings. The highest BCUT2D eigenvalue weighted by atomic mass is 19.1. The van der Waals surface area contributed by atoms with E-state index in [1.165, 1.54) is 30.3 Å². The summed E-state index contributed by atoms with van der Waals surface area (Å²) in [5, 5.41) is 17.8. The standard InChI is InChI=1S/C15H11FN2O3/c16-13-4-1-9(5-10(13)7-17)8-21-14-6-11(18)2-3-12(14)15(19)20/h1-6H,8,18H2,(H,19,20). The van der Waals surface area contributed by atoms with Crippen LogP contribution in [-0.2, 0) is 6.61 Å². The molecule has 0 unspecified atom stereocenters. The summed E-state index contributed by atoms with van der Waals surface area (Å²) in [4.78, 5) is 11.1. The fraction of sp³-hybridized carbons (Fsp3) is 0.0667. The van der Waals surface area contributed by atoms with Crippen molar-refractivity contribution in [3.05, 3.63) is 58.9 Å². The Morgan fingerprint density at radius 1 is 1.33 bits per heavy atom. The zero-order valence-corrected chi connectivity index (χ0v) is 10.8. The van der Waals surface area contributed by atoms with Gasteiger partial charge in [0.1, 0.15) is 29.8 Å². The third kappa shape index (κ3) is 3.28. The number of carbonyl (C=O) groups is 1. The number of nitrogen functional groups attached to an aromatic ring is 1. The summed E-state index contributed by atoms with van der Waals surface area (Å²) < 4.78 is 18.6. The SMILES string of the molecule is N#Cc1cc(COc2cc(N)ccc2C(=O)O)ccc1F. The molecule has 0 aliphatic heterocycles. The van der Waals surface area contributed by atoms with E-state index in [4.69, 9.17) is 20.8 Å². The Balaban J connectivity index is 2.22. The molecule has 0 saturated heterocycles. The molecule has 106 valence electrons. The van der Waals surface area contributed by atoms with E-state index < -0.39 is 11.8 Å². The van der Waals surface area contributed by atoms with Crippen molar-refractivity contribution in [1.29, 1.82) is 5.26 Å². The summed E-state index contributed by atoms with van der Waals surface area (Å²) in [5.41, 5.74) is 6.40. The third-order valence-corrected chi connectivity index (χ3v) is 2.78. The second kappa shape index (κ2) is 5.92. The van der Waals surface area contributed by atoms with Crippen molar-refractivity contribution in [3.8, 4) is 11.8 Å². The number of nitrogens with zero attached hydrogens (tertiary/aromatic N) is 1. The number of hydrogen-bond donors (Lipinski definition) is 2. The van der Waals surface area contributed by atoms with E-state index in [1.54, 1.807) is 6.07 Å². The van der Waals surface area contributed by atoms with Gasteiger partial charge in [-0.2, -0.15) is 5.26 Å². The number of aromatic carboxylic acids is 1. The van der Waals surface area contributed by atoms with Crippen LogP contribution in [0.4, 0.5) is 10.1 Å². The van der Waals surface area contributed by atoms with Crippen LogP contribution >= 0.6 is 0 Å². The summed E-state index contributed by atoms with van der Waals surface area (Å²) in [6, 6.07) is 9.91. The van der Waals surface area contributed by atoms with Gasteiger partial charge in [-0.3, -0.25) is 0 Å². The van der Waals surface area contributed by atoms with Crippen LogP contribution in [0.5, 0.6) is 5.75 Å². The van der Waals surface area contributed by atoms with E-state index in [2.05, 4.69) is 0 Å². The summed E-state index contributed by atoms with van der Waals surface area (Å²) in [6.07, 6.45) is 0. The van der Waals surface area contributed by atoms with Crippen LogP contribution in [0.25, 0.3) is 0 Å². The van der Waals surface area contributed by atoms with Crippen molar-refractivity contribution in [3.63, 3.8) is 0 Å². The number of halogens is 1. The monoisotopic (exact) mass is 286 g/mol. The minimum absolute atomic E-state index is 0.00130. The lowest BCUT2D eigenvalue weighted by atomic mass is 10.1. The predicted molar refractivity (Wildman–Crippen MR) is 73.3 cm³/mol. The molecule has 2 rings (SSSR count). The first kappa shape index (κ1) is 14.3. The van der Waals surface area contributed by atoms with Gasteiger partial charge < -0.3 is 15.6 Å². The van der Waals surface area contributed by atoms with Crippen LogP contribution in [0.3, 0.4) is 0 Å². The van der Waals surface area contributed by atoms with E-state index in [0.717, 1.165) is 6.07 Å². The van der Waals surface area contributed by atoms with Gasteiger partial charge in [0.2, 0.25) is 0 Å². The number of carboxylic acids is 1. The van der Waals surface area contributed by atoms with Gasteiger partial charge in [0.05, 0.1) is 5.56 Å². The molecule has 0 aromatic heterocycles. The molecule has 5 nitrogen and oxygen atoms in total. The largest absolute Gasteiger partial charge is 0.488 e. The first-order valence-electron chi connectivity index (χ1n) is 5.95. The molecule has 0 spiro atoms. The fourth-order valence-electron chi connectivity index (χ4n) is 1.74. The van der Waals surface area contributed by atoms with Crippen LogP contribution in [0.1, 0.15) is 21.5 Å². The molecule has 0 atom stereocenters. The van der Waals surface area contributed by atoms with Crippen LogP contribution in [-0.4, -0.2) is 11.1 Å². The minimum atomic E-state index is -1.14. The molecule has 0 bridgehead atoms. The van der Waals surface area contributed by atoms with Crippen molar-refractivity contribution in [1.82, 2.24) is 0 Å². The van der Waals surface area contributed by atoms with Gasteiger partial charge in [0.25, 0.3) is 0 Å². The number of anilines is 1. The van der Waals surface area contributed by atoms with E-state index in [1.807, 2.05) is 0 Å². The Morgan fingerprint density at radius 2 is 2.10 bits per heavy atom. The van der Waals surface area contributed by atoms with Gasteiger partial charge in [0, 0.05) is 11.8 Å². The van der Waals surface area contributed by atoms with E-state index in [9.17, 15) is 9.18 Å². The number of rotatable bonds is 4. The number of nitriles is 1. The Hall–Kier alpha value is -3.07. The highest BCUT2D eigenvalue weighted by Crippen LogP contribution is 2.23. The second-order valence-corrected chi connectivity index (χ2v) is 4.28. The third-order valence-electron chi connectivity index (χ3n) is 2.78. The predicted octanol–water partition coefficient (Wildman–Crippen LogP) is 2.56. The molecule has 0 saturated carbocycles. The Morgan fingerprint density at radius 3 is 2.76 bits per heavy atom. The smallest absolute Gasteiger partial charge is 0.339 e. The summed E-state index contributed by atoms with van der Waals surface area (Å²) in [6.45, 7) is -0.00130. The normalized spacial score (nSPS) is 9.90. The molecule has 21 heavy (non-hydrogen) atoms. The number of ether oxygens (including phenoxy) is 1. The first-order chi connectivity index (χ1) is 10.0. The summed E-state index contributed by atoms with van der Waals surface area (Å²) in [5.74, 6) is -1.64. The second-order valence-electron chi connectivity index (χ2n) is 4.28.